The van der Waals surface area contributed by atoms with Crippen molar-refractivity contribution < 1.29 is 24.3 Å². The highest BCUT2D eigenvalue weighted by atomic mass is 35.5. The summed E-state index contributed by atoms with van der Waals surface area (Å²) in [5.41, 5.74) is 1.23. The van der Waals surface area contributed by atoms with Crippen LogP contribution in [0.25, 0.3) is 0 Å². The highest BCUT2D eigenvalue weighted by molar-refractivity contribution is 7.99. The quantitative estimate of drug-likeness (QED) is 0.462. The maximum atomic E-state index is 13.3. The normalized spacial score (nSPS) is 15.7. The summed E-state index contributed by atoms with van der Waals surface area (Å²) in [7, 11) is 1.42. The molecule has 0 spiro atoms. The predicted molar refractivity (Wildman–Crippen MR) is 146 cm³/mol. The standard InChI is InChI=1S/C26H26Cl2N4O5S/c1-31(25(35)21-15-38-13-12-32(21)22(33)6-3-11-29)20(26(36)37)14-16-7-9-17(10-8-16)30-24(34)23-18(27)4-2-5-19(23)28/h2,4-5,7-10,20-21H,3,6,12-15H2,1H3,(H,30,34)(H,36,37). The highest BCUT2D eigenvalue weighted by Crippen LogP contribution is 2.26. The Labute approximate surface area is 234 Å². The number of halogens is 2. The molecule has 0 saturated carbocycles. The Morgan fingerprint density at radius 1 is 1.18 bits per heavy atom. The molecule has 0 aliphatic carbocycles. The zero-order valence-electron chi connectivity index (χ0n) is 20.5. The number of anilines is 1. The molecule has 0 bridgehead atoms. The third kappa shape index (κ3) is 7.19. The molecule has 1 aliphatic heterocycles. The van der Waals surface area contributed by atoms with Crippen LogP contribution in [0.5, 0.6) is 0 Å². The fourth-order valence-electron chi connectivity index (χ4n) is 4.05. The molecule has 1 aliphatic rings. The summed E-state index contributed by atoms with van der Waals surface area (Å²) >= 11 is 13.7. The number of hydrogen-bond donors (Lipinski definition) is 2. The van der Waals surface area contributed by atoms with Crippen molar-refractivity contribution in [2.75, 3.05) is 30.4 Å². The number of nitrogens with zero attached hydrogens (tertiary/aromatic N) is 3. The van der Waals surface area contributed by atoms with E-state index >= 15 is 0 Å². The summed E-state index contributed by atoms with van der Waals surface area (Å²) in [6.45, 7) is 0.365. The molecule has 12 heteroatoms. The molecular formula is C26H26Cl2N4O5S. The highest BCUT2D eigenvalue weighted by Gasteiger charge is 2.37. The van der Waals surface area contributed by atoms with Gasteiger partial charge in [0.25, 0.3) is 5.91 Å². The lowest BCUT2D eigenvalue weighted by atomic mass is 10.0. The summed E-state index contributed by atoms with van der Waals surface area (Å²) in [4.78, 5) is 53.2. The number of nitrogens with one attached hydrogen (secondary N) is 1. The van der Waals surface area contributed by atoms with Gasteiger partial charge in [-0.1, -0.05) is 41.4 Å². The van der Waals surface area contributed by atoms with E-state index in [-0.39, 0.29) is 40.8 Å². The van der Waals surface area contributed by atoms with E-state index in [1.165, 1.54) is 28.6 Å². The molecule has 200 valence electrons. The van der Waals surface area contributed by atoms with Crippen molar-refractivity contribution in [3.63, 3.8) is 0 Å². The van der Waals surface area contributed by atoms with Gasteiger partial charge in [-0.25, -0.2) is 4.79 Å². The molecule has 1 heterocycles. The van der Waals surface area contributed by atoms with Gasteiger partial charge in [0.15, 0.2) is 0 Å². The summed E-state index contributed by atoms with van der Waals surface area (Å²) in [5.74, 6) is -1.40. The van der Waals surface area contributed by atoms with Crippen molar-refractivity contribution in [2.24, 2.45) is 0 Å². The maximum absolute atomic E-state index is 13.3. The van der Waals surface area contributed by atoms with E-state index in [1.54, 1.807) is 42.5 Å². The van der Waals surface area contributed by atoms with Gasteiger partial charge < -0.3 is 20.2 Å². The SMILES string of the molecule is CN(C(=O)C1CSCCN1C(=O)CCC#N)C(Cc1ccc(NC(=O)c2c(Cl)cccc2Cl)cc1)C(=O)O. The molecule has 2 N–H and O–H groups in total. The minimum absolute atomic E-state index is 0.0165. The number of likely N-dealkylation sites (N-methyl/N-ethyl adjacent to an activating group) is 1. The van der Waals surface area contributed by atoms with Gasteiger partial charge in [0.2, 0.25) is 11.8 Å². The van der Waals surface area contributed by atoms with Gasteiger partial charge in [-0.2, -0.15) is 17.0 Å². The van der Waals surface area contributed by atoms with Crippen LogP contribution in [-0.4, -0.2) is 75.8 Å². The minimum atomic E-state index is -1.18. The number of benzene rings is 2. The Morgan fingerprint density at radius 2 is 1.84 bits per heavy atom. The Morgan fingerprint density at radius 3 is 2.45 bits per heavy atom. The zero-order chi connectivity index (χ0) is 27.8. The van der Waals surface area contributed by atoms with Crippen molar-refractivity contribution in [1.29, 1.82) is 5.26 Å². The molecule has 2 aromatic rings. The Balaban J connectivity index is 1.70. The third-order valence-corrected chi connectivity index (χ3v) is 7.77. The number of aliphatic carboxylic acids is 1. The van der Waals surface area contributed by atoms with Crippen LogP contribution in [0, 0.1) is 11.3 Å². The Hall–Kier alpha value is -3.26. The molecule has 2 atom stereocenters. The number of carbonyl (C=O) groups excluding carboxylic acids is 3. The van der Waals surface area contributed by atoms with Crippen LogP contribution in [-0.2, 0) is 20.8 Å². The molecule has 3 rings (SSSR count). The Kier molecular flexibility index (Phi) is 10.4. The number of carboxylic acid groups (broad SMARTS) is 1. The molecular weight excluding hydrogens is 551 g/mol. The first-order chi connectivity index (χ1) is 18.1. The average Bonchev–Trinajstić information content (AvgIpc) is 2.90. The second kappa shape index (κ2) is 13.5. The smallest absolute Gasteiger partial charge is 0.326 e. The van der Waals surface area contributed by atoms with E-state index in [4.69, 9.17) is 28.5 Å². The average molecular weight is 577 g/mol. The van der Waals surface area contributed by atoms with Gasteiger partial charge >= 0.3 is 5.97 Å². The van der Waals surface area contributed by atoms with E-state index in [1.807, 2.05) is 6.07 Å². The molecule has 1 saturated heterocycles. The van der Waals surface area contributed by atoms with Gasteiger partial charge in [0.1, 0.15) is 12.1 Å². The van der Waals surface area contributed by atoms with Gasteiger partial charge in [-0.05, 0) is 29.8 Å². The molecule has 9 nitrogen and oxygen atoms in total. The van der Waals surface area contributed by atoms with Crippen LogP contribution in [0.1, 0.15) is 28.8 Å². The number of carbonyl (C=O) groups is 4. The maximum Gasteiger partial charge on any atom is 0.326 e. The van der Waals surface area contributed by atoms with E-state index in [0.717, 1.165) is 0 Å². The second-order valence-electron chi connectivity index (χ2n) is 8.59. The van der Waals surface area contributed by atoms with Gasteiger partial charge in [-0.15, -0.1) is 0 Å². The molecule has 2 unspecified atom stereocenters. The van der Waals surface area contributed by atoms with Crippen LogP contribution >= 0.6 is 35.0 Å². The van der Waals surface area contributed by atoms with Gasteiger partial charge in [0, 0.05) is 50.0 Å². The summed E-state index contributed by atoms with van der Waals surface area (Å²) in [6.07, 6.45) is 0.0891. The first-order valence-electron chi connectivity index (χ1n) is 11.7. The topological polar surface area (TPSA) is 131 Å². The second-order valence-corrected chi connectivity index (χ2v) is 10.6. The van der Waals surface area contributed by atoms with Crippen molar-refractivity contribution in [3.8, 4) is 6.07 Å². The molecule has 38 heavy (non-hydrogen) atoms. The number of rotatable bonds is 9. The van der Waals surface area contributed by atoms with Crippen LogP contribution < -0.4 is 5.32 Å². The van der Waals surface area contributed by atoms with Crippen LogP contribution in [0.15, 0.2) is 42.5 Å². The van der Waals surface area contributed by atoms with E-state index < -0.39 is 29.9 Å². The lowest BCUT2D eigenvalue weighted by Crippen LogP contribution is -2.57. The van der Waals surface area contributed by atoms with Crippen molar-refractivity contribution >= 4 is 64.3 Å². The predicted octanol–water partition coefficient (Wildman–Crippen LogP) is 3.95. The summed E-state index contributed by atoms with van der Waals surface area (Å²) in [6, 6.07) is 11.3. The fraction of sp³-hybridized carbons (Fsp3) is 0.346. The Bertz CT molecular complexity index is 1230. The van der Waals surface area contributed by atoms with Crippen molar-refractivity contribution in [2.45, 2.75) is 31.3 Å². The van der Waals surface area contributed by atoms with E-state index in [0.29, 0.717) is 29.3 Å². The first kappa shape index (κ1) is 29.3. The zero-order valence-corrected chi connectivity index (χ0v) is 22.9. The first-order valence-corrected chi connectivity index (χ1v) is 13.6. The van der Waals surface area contributed by atoms with Crippen LogP contribution in [0.2, 0.25) is 10.0 Å². The van der Waals surface area contributed by atoms with E-state index in [2.05, 4.69) is 5.32 Å². The number of hydrogen-bond acceptors (Lipinski definition) is 6. The lowest BCUT2D eigenvalue weighted by Gasteiger charge is -2.38. The van der Waals surface area contributed by atoms with E-state index in [9.17, 15) is 24.3 Å². The fourth-order valence-corrected chi connectivity index (χ4v) is 5.65. The molecule has 0 radical (unpaired) electrons. The lowest BCUT2D eigenvalue weighted by molar-refractivity contribution is -0.152. The minimum Gasteiger partial charge on any atom is -0.480 e. The summed E-state index contributed by atoms with van der Waals surface area (Å²) < 4.78 is 0. The van der Waals surface area contributed by atoms with Crippen molar-refractivity contribution in [1.82, 2.24) is 9.80 Å². The monoisotopic (exact) mass is 576 g/mol. The molecule has 1 fully saturated rings. The summed E-state index contributed by atoms with van der Waals surface area (Å²) in [5, 5.41) is 21.8. The van der Waals surface area contributed by atoms with Crippen LogP contribution in [0.3, 0.4) is 0 Å². The number of carboxylic acids is 1. The number of thioether (sulfide) groups is 1. The van der Waals surface area contributed by atoms with Gasteiger partial charge in [-0.3, -0.25) is 14.4 Å². The van der Waals surface area contributed by atoms with Crippen LogP contribution in [0.4, 0.5) is 5.69 Å². The molecule has 3 amide bonds. The van der Waals surface area contributed by atoms with Gasteiger partial charge in [0.05, 0.1) is 21.7 Å². The number of amides is 3. The largest absolute Gasteiger partial charge is 0.480 e. The number of nitriles is 1. The van der Waals surface area contributed by atoms with Crippen molar-refractivity contribution in [3.05, 3.63) is 63.6 Å². The molecule has 0 aromatic heterocycles. The third-order valence-electron chi connectivity index (χ3n) is 6.12. The molecule has 2 aromatic carbocycles.